The molecule has 0 spiro atoms. The molecule has 218 valence electrons. The van der Waals surface area contributed by atoms with Crippen molar-refractivity contribution in [3.63, 3.8) is 0 Å². The maximum atomic E-state index is 16.9. The van der Waals surface area contributed by atoms with E-state index in [1.807, 2.05) is 0 Å². The van der Waals surface area contributed by atoms with Gasteiger partial charge in [-0.2, -0.15) is 5.10 Å². The van der Waals surface area contributed by atoms with Gasteiger partial charge in [0.25, 0.3) is 5.91 Å². The average Bonchev–Trinajstić information content (AvgIpc) is 3.50. The average molecular weight is 593 g/mol. The van der Waals surface area contributed by atoms with E-state index >= 15 is 4.39 Å². The van der Waals surface area contributed by atoms with Gasteiger partial charge in [-0.05, 0) is 48.7 Å². The third-order valence-electron chi connectivity index (χ3n) is 7.85. The van der Waals surface area contributed by atoms with Crippen molar-refractivity contribution < 1.29 is 28.9 Å². The highest BCUT2D eigenvalue weighted by Gasteiger charge is 2.59. The molecule has 0 saturated heterocycles. The zero-order valence-corrected chi connectivity index (χ0v) is 23.9. The fraction of sp³-hybridized carbons (Fsp3) is 0.323. The Kier molecular flexibility index (Phi) is 7.26. The predicted octanol–water partition coefficient (Wildman–Crippen LogP) is 4.24. The van der Waals surface area contributed by atoms with Crippen molar-refractivity contribution >= 4 is 17.5 Å². The number of fused-ring (bicyclic) bond motifs is 1. The lowest BCUT2D eigenvalue weighted by molar-refractivity contribution is -0.218. The van der Waals surface area contributed by atoms with Crippen LogP contribution in [-0.2, 0) is 30.5 Å². The van der Waals surface area contributed by atoms with Crippen LogP contribution in [0.5, 0.6) is 5.88 Å². The number of carbonyl (C=O) groups is 1. The number of hydrogen-bond acceptors (Lipinski definition) is 7. The fourth-order valence-electron chi connectivity index (χ4n) is 5.43. The van der Waals surface area contributed by atoms with Crippen LogP contribution in [-0.4, -0.2) is 61.2 Å². The number of methoxy groups -OCH3 is 1. The largest absolute Gasteiger partial charge is 0.481 e. The van der Waals surface area contributed by atoms with E-state index in [9.17, 15) is 15.0 Å². The Bertz CT molecular complexity index is 1640. The van der Waals surface area contributed by atoms with Crippen molar-refractivity contribution in [1.82, 2.24) is 19.7 Å². The van der Waals surface area contributed by atoms with E-state index in [1.165, 1.54) is 18.1 Å². The van der Waals surface area contributed by atoms with E-state index in [-0.39, 0.29) is 36.3 Å². The summed E-state index contributed by atoms with van der Waals surface area (Å²) in [6, 6.07) is 16.6. The van der Waals surface area contributed by atoms with Crippen molar-refractivity contribution in [3.05, 3.63) is 100 Å². The summed E-state index contributed by atoms with van der Waals surface area (Å²) in [5, 5.41) is 27.7. The molecule has 1 fully saturated rings. The molecule has 11 heteroatoms. The lowest BCUT2D eigenvalue weighted by Gasteiger charge is -2.42. The standard InChI is InChI=1S/C31H30ClFN4O5/c1-36-15-12-21(35-36)16-25(38)31(42-18-30(40)13-14-30)27-24(11-10-23(28(27)33)19-6-8-20(32)9-7-19)29(39)37(31)17-22-4-3-5-26(34-22)41-2/h3-12,15,25,38,40H,13-14,16-18H2,1-2H3/t25?,31-/m0/s1. The summed E-state index contributed by atoms with van der Waals surface area (Å²) < 4.78 is 30.2. The maximum absolute atomic E-state index is 16.9. The summed E-state index contributed by atoms with van der Waals surface area (Å²) >= 11 is 6.08. The monoisotopic (exact) mass is 592 g/mol. The minimum absolute atomic E-state index is 0.0518. The number of carbonyl (C=O) groups excluding carboxylic acids is 1. The topological polar surface area (TPSA) is 110 Å². The minimum Gasteiger partial charge on any atom is -0.481 e. The minimum atomic E-state index is -2.01. The Morgan fingerprint density at radius 1 is 1.07 bits per heavy atom. The Labute approximate surface area is 247 Å². The van der Waals surface area contributed by atoms with E-state index in [0.717, 1.165) is 0 Å². The number of pyridine rings is 1. The summed E-state index contributed by atoms with van der Waals surface area (Å²) in [4.78, 5) is 19.9. The number of amides is 1. The molecule has 2 aromatic carbocycles. The highest BCUT2D eigenvalue weighted by molar-refractivity contribution is 6.30. The number of nitrogens with zero attached hydrogens (tertiary/aromatic N) is 4. The molecule has 2 aliphatic rings. The van der Waals surface area contributed by atoms with E-state index in [0.29, 0.717) is 40.7 Å². The lowest BCUT2D eigenvalue weighted by atomic mass is 9.89. The van der Waals surface area contributed by atoms with Gasteiger partial charge in [0.05, 0.1) is 48.4 Å². The smallest absolute Gasteiger partial charge is 0.257 e. The summed E-state index contributed by atoms with van der Waals surface area (Å²) in [6.07, 6.45) is 1.18. The first-order valence-corrected chi connectivity index (χ1v) is 13.9. The molecule has 1 aliphatic heterocycles. The number of rotatable bonds is 10. The van der Waals surface area contributed by atoms with Crippen molar-refractivity contribution in [1.29, 1.82) is 0 Å². The normalized spacial score (nSPS) is 19.6. The second kappa shape index (κ2) is 10.8. The van der Waals surface area contributed by atoms with Gasteiger partial charge in [-0.25, -0.2) is 9.37 Å². The molecule has 9 nitrogen and oxygen atoms in total. The first-order chi connectivity index (χ1) is 20.1. The predicted molar refractivity (Wildman–Crippen MR) is 152 cm³/mol. The quantitative estimate of drug-likeness (QED) is 0.283. The van der Waals surface area contributed by atoms with Crippen molar-refractivity contribution in [3.8, 4) is 17.0 Å². The van der Waals surface area contributed by atoms with Crippen LogP contribution in [0.2, 0.25) is 5.02 Å². The molecule has 6 rings (SSSR count). The number of halogens is 2. The van der Waals surface area contributed by atoms with Gasteiger partial charge in [0, 0.05) is 36.3 Å². The molecule has 4 aromatic rings. The van der Waals surface area contributed by atoms with Crippen LogP contribution < -0.4 is 4.74 Å². The van der Waals surface area contributed by atoms with Gasteiger partial charge in [0.15, 0.2) is 0 Å². The van der Waals surface area contributed by atoms with Gasteiger partial charge in [-0.3, -0.25) is 14.4 Å². The van der Waals surface area contributed by atoms with Crippen molar-refractivity contribution in [2.75, 3.05) is 13.7 Å². The molecule has 1 amide bonds. The lowest BCUT2D eigenvalue weighted by Crippen LogP contribution is -2.55. The molecule has 3 heterocycles. The number of hydrogen-bond donors (Lipinski definition) is 2. The molecule has 0 bridgehead atoms. The van der Waals surface area contributed by atoms with E-state index in [2.05, 4.69) is 10.1 Å². The number of ether oxygens (including phenoxy) is 2. The van der Waals surface area contributed by atoms with Crippen LogP contribution in [0.3, 0.4) is 0 Å². The Hall–Kier alpha value is -3.83. The number of benzene rings is 2. The molecular weight excluding hydrogens is 563 g/mol. The van der Waals surface area contributed by atoms with Gasteiger partial charge >= 0.3 is 0 Å². The first-order valence-electron chi connectivity index (χ1n) is 13.6. The SMILES string of the molecule is COc1cccc(CN2C(=O)c3ccc(-c4ccc(Cl)cc4)c(F)c3[C@@]2(OCC2(O)CC2)C(O)Cc2ccn(C)n2)n1. The van der Waals surface area contributed by atoms with Crippen LogP contribution in [0.1, 0.15) is 40.2 Å². The third-order valence-corrected chi connectivity index (χ3v) is 8.11. The summed E-state index contributed by atoms with van der Waals surface area (Å²) in [6.45, 7) is -0.343. The van der Waals surface area contributed by atoms with E-state index in [1.54, 1.807) is 72.5 Å². The second-order valence-corrected chi connectivity index (χ2v) is 11.3. The molecule has 2 atom stereocenters. The summed E-state index contributed by atoms with van der Waals surface area (Å²) in [7, 11) is 3.23. The van der Waals surface area contributed by atoms with Gasteiger partial charge in [-0.15, -0.1) is 0 Å². The van der Waals surface area contributed by atoms with Crippen LogP contribution in [0.4, 0.5) is 4.39 Å². The number of aliphatic hydroxyl groups is 2. The molecule has 1 aliphatic carbocycles. The Morgan fingerprint density at radius 3 is 2.48 bits per heavy atom. The van der Waals surface area contributed by atoms with Crippen LogP contribution in [0.15, 0.2) is 66.9 Å². The molecule has 42 heavy (non-hydrogen) atoms. The van der Waals surface area contributed by atoms with Crippen LogP contribution in [0, 0.1) is 5.82 Å². The molecule has 0 radical (unpaired) electrons. The Balaban J connectivity index is 1.54. The highest BCUT2D eigenvalue weighted by Crippen LogP contribution is 2.49. The second-order valence-electron chi connectivity index (χ2n) is 10.8. The van der Waals surface area contributed by atoms with Gasteiger partial charge in [0.1, 0.15) is 11.9 Å². The van der Waals surface area contributed by atoms with E-state index < -0.39 is 29.2 Å². The number of aliphatic hydroxyl groups excluding tert-OH is 1. The van der Waals surface area contributed by atoms with Crippen molar-refractivity contribution in [2.45, 2.75) is 43.2 Å². The first kappa shape index (κ1) is 28.3. The number of aryl methyl sites for hydroxylation is 1. The van der Waals surface area contributed by atoms with E-state index in [4.69, 9.17) is 21.1 Å². The number of aromatic nitrogens is 3. The summed E-state index contributed by atoms with van der Waals surface area (Å²) in [5.74, 6) is -0.924. The van der Waals surface area contributed by atoms with Crippen LogP contribution in [0.25, 0.3) is 11.1 Å². The molecule has 1 unspecified atom stereocenters. The highest BCUT2D eigenvalue weighted by atomic mass is 35.5. The zero-order chi connectivity index (χ0) is 29.6. The summed E-state index contributed by atoms with van der Waals surface area (Å²) in [5.41, 5.74) is -1.49. The van der Waals surface area contributed by atoms with Gasteiger partial charge < -0.3 is 19.7 Å². The van der Waals surface area contributed by atoms with Crippen LogP contribution >= 0.6 is 11.6 Å². The Morgan fingerprint density at radius 2 is 1.81 bits per heavy atom. The van der Waals surface area contributed by atoms with Gasteiger partial charge in [-0.1, -0.05) is 35.9 Å². The maximum Gasteiger partial charge on any atom is 0.257 e. The van der Waals surface area contributed by atoms with Crippen molar-refractivity contribution in [2.24, 2.45) is 7.05 Å². The van der Waals surface area contributed by atoms with Gasteiger partial charge in [0.2, 0.25) is 11.6 Å². The molecule has 1 saturated carbocycles. The zero-order valence-electron chi connectivity index (χ0n) is 23.1. The molecule has 2 aromatic heterocycles. The molecular formula is C31H30ClFN4O5. The third kappa shape index (κ3) is 5.05. The fourth-order valence-corrected chi connectivity index (χ4v) is 5.56. The molecule has 2 N–H and O–H groups in total.